The molecule has 0 fully saturated rings. The van der Waals surface area contributed by atoms with Gasteiger partial charge >= 0.3 is 6.03 Å². The lowest BCUT2D eigenvalue weighted by atomic mass is 10.1. The molecule has 0 aliphatic heterocycles. The van der Waals surface area contributed by atoms with Crippen molar-refractivity contribution in [2.45, 2.75) is 64.7 Å². The summed E-state index contributed by atoms with van der Waals surface area (Å²) < 4.78 is 5.20. The van der Waals surface area contributed by atoms with Gasteiger partial charge in [0.25, 0.3) is 5.69 Å². The predicted octanol–water partition coefficient (Wildman–Crippen LogP) is 6.29. The Bertz CT molecular complexity index is 948. The number of non-ortho nitro benzene ring substituents is 1. The van der Waals surface area contributed by atoms with Crippen LogP contribution in [-0.4, -0.2) is 37.1 Å². The number of unbranched alkanes of at least 4 members (excludes halogenated alkanes) is 6. The summed E-state index contributed by atoms with van der Waals surface area (Å²) >= 11 is 0. The molecule has 0 unspecified atom stereocenters. The Morgan fingerprint density at radius 3 is 2.17 bits per heavy atom. The van der Waals surface area contributed by atoms with Crippen LogP contribution in [0.25, 0.3) is 0 Å². The molecule has 9 heteroatoms. The Hall–Kier alpha value is -3.62. The van der Waals surface area contributed by atoms with Crippen LogP contribution >= 0.6 is 0 Å². The third-order valence-corrected chi connectivity index (χ3v) is 5.85. The van der Waals surface area contributed by atoms with E-state index in [9.17, 15) is 19.7 Å². The summed E-state index contributed by atoms with van der Waals surface area (Å²) in [5, 5.41) is 16.6. The molecule has 196 valence electrons. The summed E-state index contributed by atoms with van der Waals surface area (Å²) in [5.74, 6) is 0.710. The highest BCUT2D eigenvalue weighted by Crippen LogP contribution is 2.22. The Balaban J connectivity index is 1.86. The fourth-order valence-corrected chi connectivity index (χ4v) is 3.76. The standard InChI is InChI=1S/C27H38N4O5/c1-3-4-5-6-7-8-9-11-26(32)28-20-10-21-30(23-16-18-25(36-2)19-17-23)27(33)29-22-12-14-24(15-13-22)31(34)35/h12-19H,3-11,20-21H2,1-2H3,(H,28,32)(H,29,33). The van der Waals surface area contributed by atoms with Gasteiger partial charge in [0.05, 0.1) is 12.0 Å². The number of urea groups is 1. The van der Waals surface area contributed by atoms with E-state index in [-0.39, 0.29) is 17.6 Å². The zero-order valence-electron chi connectivity index (χ0n) is 21.3. The number of nitrogens with zero attached hydrogens (tertiary/aromatic N) is 2. The molecule has 2 rings (SSSR count). The molecule has 3 amide bonds. The number of rotatable bonds is 16. The second kappa shape index (κ2) is 16.1. The molecule has 0 aliphatic carbocycles. The van der Waals surface area contributed by atoms with E-state index in [0.717, 1.165) is 12.8 Å². The number of nitrogens with one attached hydrogen (secondary N) is 2. The second-order valence-electron chi connectivity index (χ2n) is 8.66. The first-order chi connectivity index (χ1) is 17.4. The molecule has 36 heavy (non-hydrogen) atoms. The highest BCUT2D eigenvalue weighted by Gasteiger charge is 2.17. The smallest absolute Gasteiger partial charge is 0.326 e. The third kappa shape index (κ3) is 10.3. The maximum absolute atomic E-state index is 13.0. The number of anilines is 2. The third-order valence-electron chi connectivity index (χ3n) is 5.85. The minimum absolute atomic E-state index is 0.0369. The molecule has 0 aliphatic rings. The van der Waals surface area contributed by atoms with Crippen LogP contribution in [-0.2, 0) is 4.79 Å². The average Bonchev–Trinajstić information content (AvgIpc) is 2.88. The first-order valence-corrected chi connectivity index (χ1v) is 12.7. The second-order valence-corrected chi connectivity index (χ2v) is 8.66. The Kier molecular flexibility index (Phi) is 12.8. The molecule has 0 spiro atoms. The normalized spacial score (nSPS) is 10.5. The van der Waals surface area contributed by atoms with Gasteiger partial charge in [0.1, 0.15) is 5.75 Å². The van der Waals surface area contributed by atoms with Crippen molar-refractivity contribution in [3.05, 3.63) is 58.6 Å². The summed E-state index contributed by atoms with van der Waals surface area (Å²) in [7, 11) is 1.57. The van der Waals surface area contributed by atoms with E-state index in [1.54, 1.807) is 36.3 Å². The fraction of sp³-hybridized carbons (Fsp3) is 0.481. The lowest BCUT2D eigenvalue weighted by Crippen LogP contribution is -2.37. The minimum atomic E-state index is -0.489. The maximum Gasteiger partial charge on any atom is 0.326 e. The lowest BCUT2D eigenvalue weighted by molar-refractivity contribution is -0.384. The van der Waals surface area contributed by atoms with Crippen molar-refractivity contribution >= 4 is 29.0 Å². The summed E-state index contributed by atoms with van der Waals surface area (Å²) in [4.78, 5) is 37.1. The van der Waals surface area contributed by atoms with Gasteiger partial charge in [0.15, 0.2) is 0 Å². The number of amides is 3. The van der Waals surface area contributed by atoms with Crippen LogP contribution in [0.4, 0.5) is 21.9 Å². The van der Waals surface area contributed by atoms with Gasteiger partial charge in [-0.2, -0.15) is 0 Å². The quantitative estimate of drug-likeness (QED) is 0.160. The Morgan fingerprint density at radius 2 is 1.56 bits per heavy atom. The summed E-state index contributed by atoms with van der Waals surface area (Å²) in [6.45, 7) is 3.04. The first kappa shape index (κ1) is 28.6. The molecular weight excluding hydrogens is 460 g/mol. The number of nitro benzene ring substituents is 1. The van der Waals surface area contributed by atoms with Gasteiger partial charge in [-0.25, -0.2) is 4.79 Å². The van der Waals surface area contributed by atoms with Crippen LogP contribution in [0, 0.1) is 10.1 Å². The summed E-state index contributed by atoms with van der Waals surface area (Å²) in [6.07, 6.45) is 9.26. The van der Waals surface area contributed by atoms with Gasteiger partial charge in [-0.15, -0.1) is 0 Å². The van der Waals surface area contributed by atoms with Crippen LogP contribution < -0.4 is 20.3 Å². The van der Waals surface area contributed by atoms with Crippen molar-refractivity contribution < 1.29 is 19.2 Å². The van der Waals surface area contributed by atoms with Crippen molar-refractivity contribution in [3.63, 3.8) is 0 Å². The summed E-state index contributed by atoms with van der Waals surface area (Å²) in [5.41, 5.74) is 1.07. The topological polar surface area (TPSA) is 114 Å². The van der Waals surface area contributed by atoms with E-state index < -0.39 is 4.92 Å². The average molecular weight is 499 g/mol. The van der Waals surface area contributed by atoms with Gasteiger partial charge in [-0.05, 0) is 49.2 Å². The zero-order valence-corrected chi connectivity index (χ0v) is 21.3. The van der Waals surface area contributed by atoms with Gasteiger partial charge in [-0.3, -0.25) is 19.8 Å². The largest absolute Gasteiger partial charge is 0.497 e. The molecule has 0 heterocycles. The van der Waals surface area contributed by atoms with E-state index >= 15 is 0 Å². The zero-order chi connectivity index (χ0) is 26.2. The van der Waals surface area contributed by atoms with E-state index in [4.69, 9.17) is 4.74 Å². The van der Waals surface area contributed by atoms with Gasteiger partial charge in [0, 0.05) is 43.0 Å². The highest BCUT2D eigenvalue weighted by atomic mass is 16.6. The molecule has 0 radical (unpaired) electrons. The number of ether oxygens (including phenoxy) is 1. The molecule has 2 N–H and O–H groups in total. The fourth-order valence-electron chi connectivity index (χ4n) is 3.76. The number of hydrogen-bond acceptors (Lipinski definition) is 5. The Labute approximate surface area is 213 Å². The van der Waals surface area contributed by atoms with Crippen molar-refractivity contribution in [2.24, 2.45) is 0 Å². The van der Waals surface area contributed by atoms with Crippen molar-refractivity contribution in [1.82, 2.24) is 5.32 Å². The highest BCUT2D eigenvalue weighted by molar-refractivity contribution is 6.01. The molecular formula is C27H38N4O5. The molecule has 0 bridgehead atoms. The van der Waals surface area contributed by atoms with Crippen LogP contribution in [0.15, 0.2) is 48.5 Å². The van der Waals surface area contributed by atoms with Crippen molar-refractivity contribution in [2.75, 3.05) is 30.4 Å². The van der Waals surface area contributed by atoms with Gasteiger partial charge in [-0.1, -0.05) is 45.4 Å². The van der Waals surface area contributed by atoms with Gasteiger partial charge in [0.2, 0.25) is 5.91 Å². The van der Waals surface area contributed by atoms with Crippen LogP contribution in [0.2, 0.25) is 0 Å². The number of nitro groups is 1. The monoisotopic (exact) mass is 498 g/mol. The number of carbonyl (C=O) groups excluding carboxylic acids is 2. The summed E-state index contributed by atoms with van der Waals surface area (Å²) in [6, 6.07) is 12.4. The van der Waals surface area contributed by atoms with E-state index in [2.05, 4.69) is 17.6 Å². The lowest BCUT2D eigenvalue weighted by Gasteiger charge is -2.23. The number of hydrogen-bond donors (Lipinski definition) is 2. The molecule has 0 aromatic heterocycles. The molecule has 2 aromatic rings. The number of carbonyl (C=O) groups is 2. The Morgan fingerprint density at radius 1 is 0.917 bits per heavy atom. The van der Waals surface area contributed by atoms with Crippen LogP contribution in [0.1, 0.15) is 64.7 Å². The van der Waals surface area contributed by atoms with E-state index in [1.165, 1.54) is 56.4 Å². The van der Waals surface area contributed by atoms with Crippen LogP contribution in [0.3, 0.4) is 0 Å². The number of methoxy groups -OCH3 is 1. The minimum Gasteiger partial charge on any atom is -0.497 e. The molecule has 9 nitrogen and oxygen atoms in total. The van der Waals surface area contributed by atoms with Crippen LogP contribution in [0.5, 0.6) is 5.75 Å². The maximum atomic E-state index is 13.0. The van der Waals surface area contributed by atoms with Crippen molar-refractivity contribution in [3.8, 4) is 5.75 Å². The molecule has 0 saturated heterocycles. The van der Waals surface area contributed by atoms with Gasteiger partial charge < -0.3 is 15.4 Å². The predicted molar refractivity (Wildman–Crippen MR) is 143 cm³/mol. The first-order valence-electron chi connectivity index (χ1n) is 12.7. The molecule has 0 atom stereocenters. The molecule has 2 aromatic carbocycles. The van der Waals surface area contributed by atoms with E-state index in [0.29, 0.717) is 43.1 Å². The number of benzene rings is 2. The van der Waals surface area contributed by atoms with E-state index in [1.807, 2.05) is 0 Å². The molecule has 0 saturated carbocycles. The SMILES string of the molecule is CCCCCCCCCC(=O)NCCCN(C(=O)Nc1ccc([N+](=O)[O-])cc1)c1ccc(OC)cc1. The van der Waals surface area contributed by atoms with Crippen molar-refractivity contribution in [1.29, 1.82) is 0 Å².